The third-order valence-electron chi connectivity index (χ3n) is 1.35. The summed E-state index contributed by atoms with van der Waals surface area (Å²) in [5.41, 5.74) is 1.03. The quantitative estimate of drug-likeness (QED) is 0.614. The van der Waals surface area contributed by atoms with Gasteiger partial charge in [-0.2, -0.15) is 0 Å². The van der Waals surface area contributed by atoms with E-state index in [1.165, 1.54) is 0 Å². The minimum absolute atomic E-state index is 0.0698. The third kappa shape index (κ3) is 2.57. The van der Waals surface area contributed by atoms with Crippen molar-refractivity contribution in [3.63, 3.8) is 0 Å². The molecule has 0 fully saturated rings. The van der Waals surface area contributed by atoms with Gasteiger partial charge in [0.2, 0.25) is 0 Å². The molecule has 60 valence electrons. The smallest absolute Gasteiger partial charge is 0.129 e. The van der Waals surface area contributed by atoms with Crippen LogP contribution in [-0.4, -0.2) is 4.98 Å². The van der Waals surface area contributed by atoms with Crippen molar-refractivity contribution in [2.45, 2.75) is 13.0 Å². The van der Waals surface area contributed by atoms with Gasteiger partial charge in [-0.1, -0.05) is 17.7 Å². The van der Waals surface area contributed by atoms with Crippen LogP contribution >= 0.6 is 34.6 Å². The Labute approximate surface area is 84.6 Å². The van der Waals surface area contributed by atoms with E-state index >= 15 is 0 Å². The number of rotatable bonds is 2. The minimum Gasteiger partial charge on any atom is -0.308 e. The Balaban J connectivity index is 2.81. The van der Waals surface area contributed by atoms with Crippen LogP contribution in [0.15, 0.2) is 18.3 Å². The molecule has 2 nitrogen and oxygen atoms in total. The Morgan fingerprint density at radius 1 is 1.64 bits per heavy atom. The van der Waals surface area contributed by atoms with Crippen molar-refractivity contribution in [2.24, 2.45) is 0 Å². The Hall–Kier alpha value is 0.130. The van der Waals surface area contributed by atoms with Crippen molar-refractivity contribution in [2.75, 3.05) is 0 Å². The van der Waals surface area contributed by atoms with E-state index in [9.17, 15) is 0 Å². The summed E-state index contributed by atoms with van der Waals surface area (Å²) in [5, 5.41) is 0.509. The summed E-state index contributed by atoms with van der Waals surface area (Å²) >= 11 is 7.47. The summed E-state index contributed by atoms with van der Waals surface area (Å²) in [7, 11) is 0. The zero-order valence-corrected chi connectivity index (χ0v) is 8.83. The van der Waals surface area contributed by atoms with Crippen molar-refractivity contribution < 1.29 is 3.07 Å². The SMILES string of the molecule is CC(OI)c1ccc(Cl)nc1. The van der Waals surface area contributed by atoms with Crippen LogP contribution in [-0.2, 0) is 3.07 Å². The largest absolute Gasteiger partial charge is 0.308 e. The molecule has 0 spiro atoms. The van der Waals surface area contributed by atoms with Crippen molar-refractivity contribution >= 4 is 34.6 Å². The average Bonchev–Trinajstić information content (AvgIpc) is 2.05. The summed E-state index contributed by atoms with van der Waals surface area (Å²) in [4.78, 5) is 3.93. The van der Waals surface area contributed by atoms with E-state index in [1.54, 1.807) is 12.3 Å². The molecule has 1 heterocycles. The van der Waals surface area contributed by atoms with E-state index < -0.39 is 0 Å². The second-order valence-electron chi connectivity index (χ2n) is 2.15. The van der Waals surface area contributed by atoms with Crippen LogP contribution in [0.1, 0.15) is 18.6 Å². The molecule has 1 aromatic heterocycles. The van der Waals surface area contributed by atoms with Gasteiger partial charge in [-0.15, -0.1) is 0 Å². The maximum atomic E-state index is 5.61. The van der Waals surface area contributed by atoms with Gasteiger partial charge in [-0.25, -0.2) is 4.98 Å². The third-order valence-corrected chi connectivity index (χ3v) is 2.34. The lowest BCUT2D eigenvalue weighted by Gasteiger charge is -2.05. The van der Waals surface area contributed by atoms with Crippen molar-refractivity contribution in [1.82, 2.24) is 4.98 Å². The molecule has 1 unspecified atom stereocenters. The molecular weight excluding hydrogens is 276 g/mol. The van der Waals surface area contributed by atoms with Crippen LogP contribution in [0.3, 0.4) is 0 Å². The van der Waals surface area contributed by atoms with E-state index in [-0.39, 0.29) is 6.10 Å². The molecule has 0 aliphatic carbocycles. The lowest BCUT2D eigenvalue weighted by atomic mass is 10.2. The highest BCUT2D eigenvalue weighted by molar-refractivity contribution is 14.1. The fraction of sp³-hybridized carbons (Fsp3) is 0.286. The topological polar surface area (TPSA) is 22.1 Å². The average molecular weight is 283 g/mol. The van der Waals surface area contributed by atoms with Gasteiger partial charge in [0.1, 0.15) is 28.2 Å². The number of hydrogen-bond acceptors (Lipinski definition) is 2. The molecule has 0 N–H and O–H groups in total. The number of halogens is 2. The first-order valence-electron chi connectivity index (χ1n) is 3.13. The first-order chi connectivity index (χ1) is 5.24. The summed E-state index contributed by atoms with van der Waals surface area (Å²) in [5.74, 6) is 0. The molecule has 1 atom stereocenters. The highest BCUT2D eigenvalue weighted by Crippen LogP contribution is 2.18. The predicted octanol–water partition coefficient (Wildman–Crippen LogP) is 3.16. The molecule has 1 rings (SSSR count). The van der Waals surface area contributed by atoms with Crippen LogP contribution < -0.4 is 0 Å². The van der Waals surface area contributed by atoms with Gasteiger partial charge >= 0.3 is 0 Å². The summed E-state index contributed by atoms with van der Waals surface area (Å²) in [6, 6.07) is 3.65. The van der Waals surface area contributed by atoms with Gasteiger partial charge in [0.25, 0.3) is 0 Å². The van der Waals surface area contributed by atoms with E-state index in [1.807, 2.05) is 36.0 Å². The highest BCUT2D eigenvalue weighted by atomic mass is 127. The van der Waals surface area contributed by atoms with E-state index in [0.717, 1.165) is 5.56 Å². The number of pyridine rings is 1. The van der Waals surface area contributed by atoms with E-state index in [0.29, 0.717) is 5.15 Å². The van der Waals surface area contributed by atoms with Crippen LogP contribution in [0.25, 0.3) is 0 Å². The van der Waals surface area contributed by atoms with Gasteiger partial charge in [0.05, 0.1) is 6.10 Å². The molecule has 11 heavy (non-hydrogen) atoms. The first kappa shape index (κ1) is 9.22. The normalized spacial score (nSPS) is 13.0. The molecule has 0 amide bonds. The van der Waals surface area contributed by atoms with Crippen molar-refractivity contribution in [3.05, 3.63) is 29.0 Å². The zero-order valence-electron chi connectivity index (χ0n) is 5.92. The predicted molar refractivity (Wildman–Crippen MR) is 52.8 cm³/mol. The van der Waals surface area contributed by atoms with Crippen LogP contribution in [0.4, 0.5) is 0 Å². The fourth-order valence-corrected chi connectivity index (χ4v) is 1.08. The number of nitrogens with zero attached hydrogens (tertiary/aromatic N) is 1. The maximum absolute atomic E-state index is 5.61. The standard InChI is InChI=1S/C7H7ClINO/c1-5(11-9)6-2-3-7(8)10-4-6/h2-5H,1H3. The molecule has 1 aromatic rings. The first-order valence-corrected chi connectivity index (χ1v) is 4.38. The summed E-state index contributed by atoms with van der Waals surface area (Å²) in [6.07, 6.45) is 1.78. The van der Waals surface area contributed by atoms with E-state index in [2.05, 4.69) is 4.98 Å². The Morgan fingerprint density at radius 3 is 2.82 bits per heavy atom. The zero-order chi connectivity index (χ0) is 8.27. The molecule has 0 aliphatic heterocycles. The van der Waals surface area contributed by atoms with Crippen LogP contribution in [0.2, 0.25) is 5.15 Å². The lowest BCUT2D eigenvalue weighted by Crippen LogP contribution is -1.92. The fourth-order valence-electron chi connectivity index (χ4n) is 0.679. The molecule has 0 aromatic carbocycles. The molecule has 0 bridgehead atoms. The Bertz CT molecular complexity index is 226. The Morgan fingerprint density at radius 2 is 2.36 bits per heavy atom. The van der Waals surface area contributed by atoms with Crippen LogP contribution in [0.5, 0.6) is 0 Å². The van der Waals surface area contributed by atoms with Gasteiger partial charge in [0, 0.05) is 6.20 Å². The van der Waals surface area contributed by atoms with E-state index in [4.69, 9.17) is 14.7 Å². The molecule has 0 aliphatic rings. The Kier molecular flexibility index (Phi) is 3.54. The highest BCUT2D eigenvalue weighted by Gasteiger charge is 2.03. The molecule has 0 saturated heterocycles. The summed E-state index contributed by atoms with van der Waals surface area (Å²) in [6.45, 7) is 1.96. The minimum atomic E-state index is 0.0698. The van der Waals surface area contributed by atoms with Crippen molar-refractivity contribution in [3.8, 4) is 0 Å². The molecular formula is C7H7ClINO. The van der Waals surface area contributed by atoms with Gasteiger partial charge in [-0.05, 0) is 18.6 Å². The molecule has 0 radical (unpaired) electrons. The lowest BCUT2D eigenvalue weighted by molar-refractivity contribution is 0.317. The second kappa shape index (κ2) is 4.23. The number of aromatic nitrogens is 1. The number of hydrogen-bond donors (Lipinski definition) is 0. The molecule has 4 heteroatoms. The van der Waals surface area contributed by atoms with Crippen molar-refractivity contribution in [1.29, 1.82) is 0 Å². The van der Waals surface area contributed by atoms with Gasteiger partial charge in [0.15, 0.2) is 0 Å². The van der Waals surface area contributed by atoms with Gasteiger partial charge in [-0.3, -0.25) is 0 Å². The molecule has 0 saturated carbocycles. The summed E-state index contributed by atoms with van der Waals surface area (Å²) < 4.78 is 5.06. The van der Waals surface area contributed by atoms with Gasteiger partial charge < -0.3 is 3.07 Å². The van der Waals surface area contributed by atoms with Crippen LogP contribution in [0, 0.1) is 0 Å². The second-order valence-corrected chi connectivity index (χ2v) is 3.04. The maximum Gasteiger partial charge on any atom is 0.129 e. The monoisotopic (exact) mass is 283 g/mol.